The summed E-state index contributed by atoms with van der Waals surface area (Å²) in [6, 6.07) is 3.10. The minimum absolute atomic E-state index is 0.00373. The van der Waals surface area contributed by atoms with Gasteiger partial charge in [0.05, 0.1) is 0 Å². The molecule has 0 aliphatic heterocycles. The van der Waals surface area contributed by atoms with Crippen LogP contribution >= 0.6 is 0 Å². The maximum atomic E-state index is 12.9. The van der Waals surface area contributed by atoms with Gasteiger partial charge in [-0.2, -0.15) is 13.2 Å². The molecule has 0 spiro atoms. The molecule has 1 aromatic carbocycles. The van der Waals surface area contributed by atoms with Gasteiger partial charge in [-0.1, -0.05) is 0 Å². The Bertz CT molecular complexity index is 389. The molecule has 0 bridgehead atoms. The Morgan fingerprint density at radius 2 is 1.94 bits per heavy atom. The van der Waals surface area contributed by atoms with Crippen LogP contribution in [0.2, 0.25) is 0 Å². The highest BCUT2D eigenvalue weighted by atomic mass is 19.4. The molecule has 0 heterocycles. The van der Waals surface area contributed by atoms with Crippen molar-refractivity contribution >= 4 is 12.0 Å². The normalized spacial score (nSPS) is 11.3. The Labute approximate surface area is 89.5 Å². The summed E-state index contributed by atoms with van der Waals surface area (Å²) in [5.41, 5.74) is 0.0171. The van der Waals surface area contributed by atoms with Gasteiger partial charge in [0.15, 0.2) is 0 Å². The first kappa shape index (κ1) is 12.5. The molecule has 0 amide bonds. The lowest BCUT2D eigenvalue weighted by Gasteiger charge is -2.21. The molecule has 6 heteroatoms. The van der Waals surface area contributed by atoms with Crippen LogP contribution in [0.3, 0.4) is 0 Å². The molecule has 0 aliphatic rings. The predicted molar refractivity (Wildman–Crippen MR) is 51.1 cm³/mol. The summed E-state index contributed by atoms with van der Waals surface area (Å²) in [7, 11) is 1.18. The smallest absolute Gasteiger partial charge is 0.366 e. The third kappa shape index (κ3) is 3.52. The molecule has 0 aliphatic carbocycles. The fraction of sp³-hybridized carbons (Fsp3) is 0.300. The van der Waals surface area contributed by atoms with E-state index in [0.29, 0.717) is 6.29 Å². The van der Waals surface area contributed by atoms with Crippen molar-refractivity contribution in [1.82, 2.24) is 0 Å². The number of alkyl halides is 3. The average molecular weight is 235 g/mol. The van der Waals surface area contributed by atoms with Gasteiger partial charge in [-0.25, -0.2) is 4.39 Å². The summed E-state index contributed by atoms with van der Waals surface area (Å²) >= 11 is 0. The molecule has 0 saturated heterocycles. The number of aldehydes is 1. The maximum Gasteiger partial charge on any atom is 0.405 e. The van der Waals surface area contributed by atoms with Crippen LogP contribution in [-0.4, -0.2) is 26.1 Å². The van der Waals surface area contributed by atoms with Gasteiger partial charge < -0.3 is 4.90 Å². The zero-order valence-corrected chi connectivity index (χ0v) is 8.38. The number of benzene rings is 1. The van der Waals surface area contributed by atoms with Crippen molar-refractivity contribution in [2.75, 3.05) is 18.5 Å². The minimum Gasteiger partial charge on any atom is -0.366 e. The van der Waals surface area contributed by atoms with Crippen molar-refractivity contribution in [3.63, 3.8) is 0 Å². The molecule has 0 fully saturated rings. The minimum atomic E-state index is -4.37. The molecule has 1 aromatic rings. The van der Waals surface area contributed by atoms with Gasteiger partial charge in [-0.3, -0.25) is 4.79 Å². The first-order chi connectivity index (χ1) is 7.31. The van der Waals surface area contributed by atoms with Crippen LogP contribution in [0.4, 0.5) is 23.2 Å². The van der Waals surface area contributed by atoms with Crippen LogP contribution in [0, 0.1) is 5.82 Å². The molecule has 0 N–H and O–H groups in total. The monoisotopic (exact) mass is 235 g/mol. The molecule has 0 aromatic heterocycles. The van der Waals surface area contributed by atoms with Gasteiger partial charge in [0.2, 0.25) is 0 Å². The van der Waals surface area contributed by atoms with Crippen LogP contribution in [0.5, 0.6) is 0 Å². The Kier molecular flexibility index (Phi) is 3.51. The van der Waals surface area contributed by atoms with Crippen molar-refractivity contribution < 1.29 is 22.4 Å². The Morgan fingerprint density at radius 3 is 2.44 bits per heavy atom. The van der Waals surface area contributed by atoms with Crippen molar-refractivity contribution in [2.45, 2.75) is 6.18 Å². The van der Waals surface area contributed by atoms with Gasteiger partial charge in [-0.05, 0) is 18.2 Å². The number of hydrogen-bond acceptors (Lipinski definition) is 2. The number of hydrogen-bond donors (Lipinski definition) is 0. The SMILES string of the molecule is CN(CC(F)(F)F)c1cc(F)cc(C=O)c1. The van der Waals surface area contributed by atoms with E-state index in [4.69, 9.17) is 0 Å². The predicted octanol–water partition coefficient (Wildman–Crippen LogP) is 2.64. The van der Waals surface area contributed by atoms with E-state index >= 15 is 0 Å². The van der Waals surface area contributed by atoms with E-state index in [-0.39, 0.29) is 11.3 Å². The van der Waals surface area contributed by atoms with E-state index in [1.54, 1.807) is 0 Å². The van der Waals surface area contributed by atoms with Gasteiger partial charge >= 0.3 is 6.18 Å². The number of carbonyl (C=O) groups is 1. The van der Waals surface area contributed by atoms with Crippen molar-refractivity contribution in [2.24, 2.45) is 0 Å². The van der Waals surface area contributed by atoms with Crippen molar-refractivity contribution in [3.8, 4) is 0 Å². The lowest BCUT2D eigenvalue weighted by atomic mass is 10.2. The zero-order valence-electron chi connectivity index (χ0n) is 8.38. The van der Waals surface area contributed by atoms with Gasteiger partial charge in [0.25, 0.3) is 0 Å². The largest absolute Gasteiger partial charge is 0.405 e. The molecule has 2 nitrogen and oxygen atoms in total. The fourth-order valence-electron chi connectivity index (χ4n) is 1.24. The molecule has 1 rings (SSSR count). The lowest BCUT2D eigenvalue weighted by molar-refractivity contribution is -0.119. The number of anilines is 1. The number of halogens is 4. The zero-order chi connectivity index (χ0) is 12.3. The molecule has 0 atom stereocenters. The molecule has 88 valence electrons. The Hall–Kier alpha value is -1.59. The standard InChI is InChI=1S/C10H9F4NO/c1-15(6-10(12,13)14)9-3-7(5-16)2-8(11)4-9/h2-5H,6H2,1H3. The summed E-state index contributed by atoms with van der Waals surface area (Å²) < 4.78 is 49.2. The summed E-state index contributed by atoms with van der Waals surface area (Å²) in [4.78, 5) is 11.2. The second-order valence-corrected chi connectivity index (χ2v) is 3.33. The van der Waals surface area contributed by atoms with Gasteiger partial charge in [-0.15, -0.1) is 0 Å². The quantitative estimate of drug-likeness (QED) is 0.593. The third-order valence-electron chi connectivity index (χ3n) is 1.90. The first-order valence-corrected chi connectivity index (χ1v) is 4.35. The molecule has 0 unspecified atom stereocenters. The van der Waals surface area contributed by atoms with Crippen LogP contribution < -0.4 is 4.90 Å². The molecular formula is C10H9F4NO. The maximum absolute atomic E-state index is 12.9. The van der Waals surface area contributed by atoms with Crippen LogP contribution in [-0.2, 0) is 0 Å². The highest BCUT2D eigenvalue weighted by Gasteiger charge is 2.29. The highest BCUT2D eigenvalue weighted by Crippen LogP contribution is 2.22. The van der Waals surface area contributed by atoms with E-state index in [1.165, 1.54) is 13.1 Å². The molecular weight excluding hydrogens is 226 g/mol. The summed E-state index contributed by atoms with van der Waals surface area (Å²) in [5, 5.41) is 0. The summed E-state index contributed by atoms with van der Waals surface area (Å²) in [6.07, 6.45) is -3.99. The van der Waals surface area contributed by atoms with E-state index in [2.05, 4.69) is 0 Å². The van der Waals surface area contributed by atoms with Gasteiger partial charge in [0, 0.05) is 18.3 Å². The van der Waals surface area contributed by atoms with E-state index < -0.39 is 18.5 Å². The van der Waals surface area contributed by atoms with Crippen molar-refractivity contribution in [1.29, 1.82) is 0 Å². The number of nitrogens with zero attached hydrogens (tertiary/aromatic N) is 1. The van der Waals surface area contributed by atoms with Crippen LogP contribution in [0.15, 0.2) is 18.2 Å². The molecule has 16 heavy (non-hydrogen) atoms. The Balaban J connectivity index is 2.95. The van der Waals surface area contributed by atoms with Crippen LogP contribution in [0.25, 0.3) is 0 Å². The number of carbonyl (C=O) groups excluding carboxylic acids is 1. The topological polar surface area (TPSA) is 20.3 Å². The second kappa shape index (κ2) is 4.51. The first-order valence-electron chi connectivity index (χ1n) is 4.35. The summed E-state index contributed by atoms with van der Waals surface area (Å²) in [5.74, 6) is -0.742. The average Bonchev–Trinajstić information content (AvgIpc) is 2.14. The van der Waals surface area contributed by atoms with Crippen LogP contribution in [0.1, 0.15) is 10.4 Å². The fourth-order valence-corrected chi connectivity index (χ4v) is 1.24. The lowest BCUT2D eigenvalue weighted by Crippen LogP contribution is -2.30. The Morgan fingerprint density at radius 1 is 1.31 bits per heavy atom. The number of rotatable bonds is 3. The molecule has 0 saturated carbocycles. The van der Waals surface area contributed by atoms with E-state index in [0.717, 1.165) is 17.0 Å². The van der Waals surface area contributed by atoms with E-state index in [1.807, 2.05) is 0 Å². The van der Waals surface area contributed by atoms with Crippen molar-refractivity contribution in [3.05, 3.63) is 29.6 Å². The second-order valence-electron chi connectivity index (χ2n) is 3.33. The molecule has 0 radical (unpaired) electrons. The van der Waals surface area contributed by atoms with Gasteiger partial charge in [0.1, 0.15) is 18.6 Å². The summed E-state index contributed by atoms with van der Waals surface area (Å²) in [6.45, 7) is -1.20. The highest BCUT2D eigenvalue weighted by molar-refractivity contribution is 5.77. The van der Waals surface area contributed by atoms with E-state index in [9.17, 15) is 22.4 Å². The third-order valence-corrected chi connectivity index (χ3v) is 1.90.